The van der Waals surface area contributed by atoms with Gasteiger partial charge < -0.3 is 0 Å². The predicted molar refractivity (Wildman–Crippen MR) is 171 cm³/mol. The second-order valence-corrected chi connectivity index (χ2v) is 10.4. The van der Waals surface area contributed by atoms with E-state index in [-0.39, 0.29) is 0 Å². The Balaban J connectivity index is 1.48. The minimum Gasteiger partial charge on any atom is -0.276 e. The molecule has 0 aliphatic heterocycles. The average Bonchev–Trinajstić information content (AvgIpc) is 3.72. The van der Waals surface area contributed by atoms with E-state index in [0.717, 1.165) is 55.7 Å². The lowest BCUT2D eigenvalue weighted by Crippen LogP contribution is -2.07. The number of aromatic nitrogens is 7. The Kier molecular flexibility index (Phi) is 5.06. The van der Waals surface area contributed by atoms with Crippen LogP contribution >= 0.6 is 0 Å². The Morgan fingerprint density at radius 2 is 1.00 bits per heavy atom. The van der Waals surface area contributed by atoms with Crippen molar-refractivity contribution in [2.45, 2.75) is 0 Å². The molecule has 5 aromatic carbocycles. The van der Waals surface area contributed by atoms with Crippen LogP contribution < -0.4 is 0 Å². The van der Waals surface area contributed by atoms with Gasteiger partial charge in [0.2, 0.25) is 11.7 Å². The normalized spacial score (nSPS) is 11.7. The van der Waals surface area contributed by atoms with Gasteiger partial charge in [-0.1, -0.05) is 109 Å². The highest BCUT2D eigenvalue weighted by Gasteiger charge is 2.26. The van der Waals surface area contributed by atoms with Crippen molar-refractivity contribution in [3.05, 3.63) is 140 Å². The zero-order valence-corrected chi connectivity index (χ0v) is 22.9. The monoisotopic (exact) mass is 553 g/mol. The molecule has 9 rings (SSSR count). The Hall–Kier alpha value is -6.08. The standard InChI is InChI=1S/C36H23N7/c1-4-14-24(15-5-1)32-38-33(25-16-6-2-7-17-25)40-35(39-32)42-29-22-12-10-20-27(29)31-34(42)43-30-23-13-11-21-28(30)37-36(43)41(31)26-18-8-3-9-19-26/h1-23H. The van der Waals surface area contributed by atoms with Gasteiger partial charge >= 0.3 is 0 Å². The lowest BCUT2D eigenvalue weighted by atomic mass is 10.2. The van der Waals surface area contributed by atoms with Crippen LogP contribution in [0.3, 0.4) is 0 Å². The molecule has 0 radical (unpaired) electrons. The summed E-state index contributed by atoms with van der Waals surface area (Å²) in [6, 6.07) is 47.2. The third-order valence-electron chi connectivity index (χ3n) is 7.90. The van der Waals surface area contributed by atoms with Crippen molar-refractivity contribution in [1.82, 2.24) is 33.5 Å². The molecule has 7 nitrogen and oxygen atoms in total. The second kappa shape index (κ2) is 9.22. The SMILES string of the molecule is c1ccc(-c2nc(-c3ccccc3)nc(-n3c4ccccc4c4c3n3c5ccccc5nc3n4-c3ccccc3)n2)cc1. The first-order valence-corrected chi connectivity index (χ1v) is 14.2. The zero-order chi connectivity index (χ0) is 28.3. The van der Waals surface area contributed by atoms with Crippen LogP contribution in [0.1, 0.15) is 0 Å². The van der Waals surface area contributed by atoms with Gasteiger partial charge in [0.05, 0.1) is 16.6 Å². The van der Waals surface area contributed by atoms with Crippen molar-refractivity contribution in [3.63, 3.8) is 0 Å². The highest BCUT2D eigenvalue weighted by Crippen LogP contribution is 2.38. The van der Waals surface area contributed by atoms with Crippen molar-refractivity contribution in [2.75, 3.05) is 0 Å². The van der Waals surface area contributed by atoms with Gasteiger partial charge in [0, 0.05) is 22.2 Å². The predicted octanol–water partition coefficient (Wildman–Crippen LogP) is 7.89. The fourth-order valence-corrected chi connectivity index (χ4v) is 6.03. The number of nitrogens with zero attached hydrogens (tertiary/aromatic N) is 7. The van der Waals surface area contributed by atoms with Gasteiger partial charge in [-0.3, -0.25) is 13.5 Å². The molecule has 0 saturated heterocycles. The van der Waals surface area contributed by atoms with E-state index in [1.165, 1.54) is 0 Å². The van der Waals surface area contributed by atoms with Crippen LogP contribution in [-0.2, 0) is 0 Å². The highest BCUT2D eigenvalue weighted by molar-refractivity contribution is 6.10. The molecule has 4 heterocycles. The molecule has 9 aromatic rings. The summed E-state index contributed by atoms with van der Waals surface area (Å²) < 4.78 is 6.63. The molecular weight excluding hydrogens is 530 g/mol. The van der Waals surface area contributed by atoms with Crippen molar-refractivity contribution in [3.8, 4) is 34.4 Å². The Morgan fingerprint density at radius 1 is 0.442 bits per heavy atom. The molecule has 0 bridgehead atoms. The first kappa shape index (κ1) is 23.6. The fourth-order valence-electron chi connectivity index (χ4n) is 6.03. The molecule has 0 saturated carbocycles. The van der Waals surface area contributed by atoms with Gasteiger partial charge in [0.1, 0.15) is 5.52 Å². The zero-order valence-electron chi connectivity index (χ0n) is 22.9. The van der Waals surface area contributed by atoms with Crippen molar-refractivity contribution < 1.29 is 0 Å². The minimum absolute atomic E-state index is 0.545. The lowest BCUT2D eigenvalue weighted by molar-refractivity contribution is 0.941. The van der Waals surface area contributed by atoms with Crippen LogP contribution in [0.2, 0.25) is 0 Å². The van der Waals surface area contributed by atoms with E-state index in [1.54, 1.807) is 0 Å². The van der Waals surface area contributed by atoms with E-state index >= 15 is 0 Å². The second-order valence-electron chi connectivity index (χ2n) is 10.4. The maximum absolute atomic E-state index is 5.13. The van der Waals surface area contributed by atoms with Crippen molar-refractivity contribution in [1.29, 1.82) is 0 Å². The van der Waals surface area contributed by atoms with Gasteiger partial charge in [0.25, 0.3) is 0 Å². The molecule has 7 heteroatoms. The van der Waals surface area contributed by atoms with Gasteiger partial charge in [-0.15, -0.1) is 0 Å². The van der Waals surface area contributed by atoms with Crippen LogP contribution in [0.5, 0.6) is 0 Å². The van der Waals surface area contributed by atoms with E-state index in [4.69, 9.17) is 19.9 Å². The summed E-state index contributed by atoms with van der Waals surface area (Å²) in [7, 11) is 0. The van der Waals surface area contributed by atoms with Crippen LogP contribution in [0, 0.1) is 0 Å². The summed E-state index contributed by atoms with van der Waals surface area (Å²) in [6.07, 6.45) is 0. The number of hydrogen-bond acceptors (Lipinski definition) is 4. The molecule has 0 fully saturated rings. The number of fused-ring (bicyclic) bond motifs is 7. The molecule has 43 heavy (non-hydrogen) atoms. The first-order valence-electron chi connectivity index (χ1n) is 14.2. The van der Waals surface area contributed by atoms with Crippen LogP contribution in [0.15, 0.2) is 140 Å². The van der Waals surface area contributed by atoms with Crippen molar-refractivity contribution >= 4 is 38.9 Å². The van der Waals surface area contributed by atoms with E-state index in [2.05, 4.69) is 80.3 Å². The Labute approximate surface area is 246 Å². The number of rotatable bonds is 4. The number of imidazole rings is 2. The first-order chi connectivity index (χ1) is 21.3. The Bertz CT molecular complexity index is 2380. The van der Waals surface area contributed by atoms with Crippen LogP contribution in [0.4, 0.5) is 0 Å². The van der Waals surface area contributed by atoms with E-state index in [0.29, 0.717) is 17.6 Å². The molecule has 0 unspecified atom stereocenters. The van der Waals surface area contributed by atoms with Crippen molar-refractivity contribution in [2.24, 2.45) is 0 Å². The van der Waals surface area contributed by atoms with Gasteiger partial charge in [0.15, 0.2) is 17.3 Å². The molecule has 0 N–H and O–H groups in total. The van der Waals surface area contributed by atoms with Gasteiger partial charge in [-0.05, 0) is 30.3 Å². The van der Waals surface area contributed by atoms with E-state index in [1.807, 2.05) is 72.8 Å². The summed E-state index contributed by atoms with van der Waals surface area (Å²) in [6.45, 7) is 0. The number of hydrogen-bond donors (Lipinski definition) is 0. The minimum atomic E-state index is 0.545. The molecule has 0 amide bonds. The molecule has 0 spiro atoms. The molecular formula is C36H23N7. The highest BCUT2D eigenvalue weighted by atomic mass is 15.3. The molecule has 202 valence electrons. The van der Waals surface area contributed by atoms with Gasteiger partial charge in [-0.2, -0.15) is 9.97 Å². The largest absolute Gasteiger partial charge is 0.276 e. The molecule has 4 aromatic heterocycles. The number of para-hydroxylation sites is 4. The fraction of sp³-hybridized carbons (Fsp3) is 0. The molecule has 0 atom stereocenters. The molecule has 0 aliphatic carbocycles. The van der Waals surface area contributed by atoms with Crippen LogP contribution in [-0.4, -0.2) is 33.5 Å². The van der Waals surface area contributed by atoms with E-state index in [9.17, 15) is 0 Å². The summed E-state index contributed by atoms with van der Waals surface area (Å²) >= 11 is 0. The van der Waals surface area contributed by atoms with Gasteiger partial charge in [-0.25, -0.2) is 9.97 Å². The third kappa shape index (κ3) is 3.55. The summed E-state index contributed by atoms with van der Waals surface area (Å²) in [5, 5.41) is 1.08. The summed E-state index contributed by atoms with van der Waals surface area (Å²) in [5.74, 6) is 2.61. The maximum Gasteiger partial charge on any atom is 0.240 e. The smallest absolute Gasteiger partial charge is 0.240 e. The topological polar surface area (TPSA) is 65.8 Å². The summed E-state index contributed by atoms with van der Waals surface area (Å²) in [5.41, 5.74) is 7.81. The van der Waals surface area contributed by atoms with E-state index < -0.39 is 0 Å². The average molecular weight is 554 g/mol. The quantitative estimate of drug-likeness (QED) is 0.222. The lowest BCUT2D eigenvalue weighted by Gasteiger charge is -2.10. The molecule has 0 aliphatic rings. The summed E-state index contributed by atoms with van der Waals surface area (Å²) in [4.78, 5) is 20.3. The maximum atomic E-state index is 5.13. The van der Waals surface area contributed by atoms with Crippen LogP contribution in [0.25, 0.3) is 73.3 Å². The third-order valence-corrected chi connectivity index (χ3v) is 7.90. The number of benzene rings is 5. The Morgan fingerprint density at radius 3 is 1.67 bits per heavy atom.